The fourth-order valence-corrected chi connectivity index (χ4v) is 4.12. The van der Waals surface area contributed by atoms with Crippen LogP contribution in [0.3, 0.4) is 0 Å². The summed E-state index contributed by atoms with van der Waals surface area (Å²) in [7, 11) is -3.65. The van der Waals surface area contributed by atoms with Gasteiger partial charge in [0.1, 0.15) is 0 Å². The Bertz CT molecular complexity index is 544. The van der Waals surface area contributed by atoms with Crippen LogP contribution in [0, 0.1) is 0 Å². The molecule has 0 radical (unpaired) electrons. The molecule has 120 valence electrons. The summed E-state index contributed by atoms with van der Waals surface area (Å²) < 4.78 is 59.2. The van der Waals surface area contributed by atoms with E-state index in [1.54, 1.807) is 13.8 Å². The summed E-state index contributed by atoms with van der Waals surface area (Å²) in [6.45, 7) is 3.43. The molecule has 2 unspecified atom stereocenters. The molecule has 1 aromatic rings. The largest absolute Gasteiger partial charge is 0.416 e. The van der Waals surface area contributed by atoms with Gasteiger partial charge < -0.3 is 0 Å². The molecular formula is C11H14BrF3NO3PS. The molecule has 0 saturated heterocycles. The van der Waals surface area contributed by atoms with Crippen LogP contribution in [0.4, 0.5) is 13.2 Å². The molecule has 2 atom stereocenters. The minimum Gasteiger partial charge on any atom is -0.297 e. The summed E-state index contributed by atoms with van der Waals surface area (Å²) in [5, 5.41) is -0.390. The third-order valence-corrected chi connectivity index (χ3v) is 5.39. The van der Waals surface area contributed by atoms with E-state index >= 15 is 0 Å². The van der Waals surface area contributed by atoms with Gasteiger partial charge in [0, 0.05) is 16.5 Å². The topological polar surface area (TPSA) is 61.5 Å². The summed E-state index contributed by atoms with van der Waals surface area (Å²) in [5.41, 5.74) is 5.11. The summed E-state index contributed by atoms with van der Waals surface area (Å²) in [6, 6.07) is 3.29. The number of hydrogen-bond donors (Lipinski definition) is 1. The molecule has 0 aliphatic carbocycles. The lowest BCUT2D eigenvalue weighted by Gasteiger charge is -2.17. The first kappa shape index (κ1) is 19.0. The van der Waals surface area contributed by atoms with Crippen molar-refractivity contribution in [2.45, 2.75) is 25.3 Å². The molecule has 0 aliphatic heterocycles. The highest BCUT2D eigenvalue weighted by molar-refractivity contribution is 9.10. The Morgan fingerprint density at radius 2 is 2.10 bits per heavy atom. The second-order valence-electron chi connectivity index (χ2n) is 4.00. The van der Waals surface area contributed by atoms with E-state index in [0.29, 0.717) is 5.56 Å². The van der Waals surface area contributed by atoms with Crippen molar-refractivity contribution in [2.75, 3.05) is 6.61 Å². The molecule has 0 saturated carbocycles. The number of benzene rings is 1. The fourth-order valence-electron chi connectivity index (χ4n) is 1.41. The average Bonchev–Trinajstić information content (AvgIpc) is 2.35. The van der Waals surface area contributed by atoms with Gasteiger partial charge in [-0.15, -0.1) is 0 Å². The maximum atomic E-state index is 12.6. The number of nitrogens with two attached hydrogens (primary N) is 1. The lowest BCUT2D eigenvalue weighted by Crippen LogP contribution is -2.06. The van der Waals surface area contributed by atoms with Crippen LogP contribution in [0.15, 0.2) is 22.7 Å². The molecule has 0 heterocycles. The van der Waals surface area contributed by atoms with Gasteiger partial charge in [-0.1, -0.05) is 22.0 Å². The first-order chi connectivity index (χ1) is 9.57. The molecule has 1 aromatic carbocycles. The number of alkyl halides is 3. The van der Waals surface area contributed by atoms with Crippen LogP contribution in [-0.4, -0.2) is 6.61 Å². The van der Waals surface area contributed by atoms with Gasteiger partial charge in [-0.3, -0.25) is 4.52 Å². The zero-order chi connectivity index (χ0) is 16.3. The van der Waals surface area contributed by atoms with E-state index < -0.39 is 19.5 Å². The molecule has 0 bridgehead atoms. The van der Waals surface area contributed by atoms with Crippen molar-refractivity contribution < 1.29 is 26.2 Å². The van der Waals surface area contributed by atoms with E-state index in [1.807, 2.05) is 0 Å². The minimum absolute atomic E-state index is 0.132. The summed E-state index contributed by atoms with van der Waals surface area (Å²) in [6.07, 6.45) is -4.41. The van der Waals surface area contributed by atoms with Crippen molar-refractivity contribution in [3.8, 4) is 0 Å². The van der Waals surface area contributed by atoms with Crippen LogP contribution in [0.5, 0.6) is 0 Å². The van der Waals surface area contributed by atoms with Crippen LogP contribution in [0.25, 0.3) is 0 Å². The number of rotatable bonds is 6. The Morgan fingerprint density at radius 1 is 1.48 bits per heavy atom. The molecule has 0 aromatic heterocycles. The Morgan fingerprint density at radius 3 is 2.57 bits per heavy atom. The molecule has 0 fully saturated rings. The Labute approximate surface area is 133 Å². The second-order valence-corrected chi connectivity index (χ2v) is 7.69. The van der Waals surface area contributed by atoms with E-state index in [2.05, 4.69) is 15.9 Å². The van der Waals surface area contributed by atoms with Gasteiger partial charge in [-0.2, -0.15) is 13.2 Å². The molecule has 0 spiro atoms. The van der Waals surface area contributed by atoms with Gasteiger partial charge in [0.25, 0.3) is 0 Å². The van der Waals surface area contributed by atoms with Crippen LogP contribution in [0.2, 0.25) is 0 Å². The van der Waals surface area contributed by atoms with E-state index in [1.165, 1.54) is 6.07 Å². The summed E-state index contributed by atoms with van der Waals surface area (Å²) >= 11 is 3.87. The smallest absolute Gasteiger partial charge is 0.297 e. The summed E-state index contributed by atoms with van der Waals surface area (Å²) in [4.78, 5) is 0. The fraction of sp³-hybridized carbons (Fsp3) is 0.455. The molecule has 0 aliphatic rings. The monoisotopic (exact) mass is 407 g/mol. The van der Waals surface area contributed by atoms with Gasteiger partial charge in [0.15, 0.2) is 0 Å². The Kier molecular flexibility index (Phi) is 6.77. The maximum absolute atomic E-state index is 12.6. The summed E-state index contributed by atoms with van der Waals surface area (Å²) in [5.74, 6) is 0. The SMILES string of the molecule is CCOP(N)(=O)OSC(C)c1ccc(C(F)(F)F)cc1Br. The molecule has 4 nitrogen and oxygen atoms in total. The molecule has 21 heavy (non-hydrogen) atoms. The molecule has 10 heteroatoms. The van der Waals surface area contributed by atoms with E-state index in [-0.39, 0.29) is 16.3 Å². The van der Waals surface area contributed by atoms with Crippen LogP contribution in [0.1, 0.15) is 30.2 Å². The van der Waals surface area contributed by atoms with Crippen molar-refractivity contribution in [3.05, 3.63) is 33.8 Å². The lowest BCUT2D eigenvalue weighted by atomic mass is 10.1. The standard InChI is InChI=1S/C11H14BrF3NO3PS/c1-3-18-20(16,17)19-21-7(2)9-5-4-8(6-10(9)12)11(13,14)15/h4-7H,3H2,1-2H3,(H2,16,17). The average molecular weight is 408 g/mol. The van der Waals surface area contributed by atoms with Crippen molar-refractivity contribution >= 4 is 35.7 Å². The zero-order valence-corrected chi connectivity index (χ0v) is 14.5. The van der Waals surface area contributed by atoms with Gasteiger partial charge in [-0.05, 0) is 31.5 Å². The van der Waals surface area contributed by atoms with Crippen LogP contribution in [-0.2, 0) is 19.2 Å². The van der Waals surface area contributed by atoms with Gasteiger partial charge in [0.2, 0.25) is 0 Å². The van der Waals surface area contributed by atoms with Gasteiger partial charge in [-0.25, -0.2) is 14.0 Å². The lowest BCUT2D eigenvalue weighted by molar-refractivity contribution is -0.137. The minimum atomic E-state index is -4.41. The van der Waals surface area contributed by atoms with E-state index in [4.69, 9.17) is 14.0 Å². The number of hydrogen-bond acceptors (Lipinski definition) is 4. The highest BCUT2D eigenvalue weighted by atomic mass is 79.9. The molecule has 2 N–H and O–H groups in total. The Balaban J connectivity index is 2.80. The molecule has 0 amide bonds. The van der Waals surface area contributed by atoms with E-state index in [0.717, 1.165) is 24.2 Å². The third kappa shape index (κ3) is 5.92. The van der Waals surface area contributed by atoms with Crippen molar-refractivity contribution in [1.29, 1.82) is 0 Å². The first-order valence-corrected chi connectivity index (χ1v) is 9.02. The normalized spacial score (nSPS) is 16.5. The first-order valence-electron chi connectivity index (χ1n) is 5.81. The van der Waals surface area contributed by atoms with Gasteiger partial charge in [0.05, 0.1) is 17.4 Å². The number of halogens is 4. The van der Waals surface area contributed by atoms with Crippen molar-refractivity contribution in [3.63, 3.8) is 0 Å². The molecule has 1 rings (SSSR count). The zero-order valence-electron chi connectivity index (χ0n) is 11.2. The Hall–Kier alpha value is -0.0500. The van der Waals surface area contributed by atoms with Crippen LogP contribution >= 0.6 is 35.7 Å². The second kappa shape index (κ2) is 7.48. The van der Waals surface area contributed by atoms with E-state index in [9.17, 15) is 17.7 Å². The maximum Gasteiger partial charge on any atom is 0.416 e. The predicted octanol–water partition coefficient (Wildman–Crippen LogP) is 5.30. The highest BCUT2D eigenvalue weighted by Gasteiger charge is 2.31. The third-order valence-electron chi connectivity index (χ3n) is 2.37. The predicted molar refractivity (Wildman–Crippen MR) is 79.7 cm³/mol. The highest BCUT2D eigenvalue weighted by Crippen LogP contribution is 2.48. The van der Waals surface area contributed by atoms with Gasteiger partial charge >= 0.3 is 13.9 Å². The van der Waals surface area contributed by atoms with Crippen LogP contribution < -0.4 is 5.50 Å². The molecular weight excluding hydrogens is 394 g/mol. The van der Waals surface area contributed by atoms with Crippen molar-refractivity contribution in [2.24, 2.45) is 5.50 Å². The van der Waals surface area contributed by atoms with Crippen molar-refractivity contribution in [1.82, 2.24) is 0 Å². The quantitative estimate of drug-likeness (QED) is 0.512.